The number of carbonyl (C=O) groups is 3. The van der Waals surface area contributed by atoms with E-state index in [1.165, 1.54) is 41.5 Å². The van der Waals surface area contributed by atoms with Gasteiger partial charge in [0.2, 0.25) is 0 Å². The molecular formula is C32H26F12O6. The summed E-state index contributed by atoms with van der Waals surface area (Å²) in [4.78, 5) is 35.0. The molecule has 0 unspecified atom stereocenters. The van der Waals surface area contributed by atoms with Gasteiger partial charge in [-0.15, -0.1) is 0 Å². The second-order valence-corrected chi connectivity index (χ2v) is 11.2. The van der Waals surface area contributed by atoms with Crippen LogP contribution in [0.5, 0.6) is 0 Å². The van der Waals surface area contributed by atoms with Gasteiger partial charge < -0.3 is 14.6 Å². The van der Waals surface area contributed by atoms with Crippen molar-refractivity contribution in [2.75, 3.05) is 13.2 Å². The third-order valence-electron chi connectivity index (χ3n) is 6.81. The highest BCUT2D eigenvalue weighted by molar-refractivity contribution is 5.93. The summed E-state index contributed by atoms with van der Waals surface area (Å²) in [5.74, 6) is -31.7. The van der Waals surface area contributed by atoms with E-state index in [1.54, 1.807) is 0 Å². The fourth-order valence-electron chi connectivity index (χ4n) is 4.59. The van der Waals surface area contributed by atoms with Crippen molar-refractivity contribution in [3.05, 3.63) is 103 Å². The molecule has 18 heteroatoms. The molecule has 0 radical (unpaired) electrons. The van der Waals surface area contributed by atoms with Gasteiger partial charge in [0.1, 0.15) is 29.9 Å². The fraction of sp³-hybridized carbons (Fsp3) is 0.344. The first-order valence-electron chi connectivity index (χ1n) is 14.2. The summed E-state index contributed by atoms with van der Waals surface area (Å²) in [6.07, 6.45) is 0. The zero-order chi connectivity index (χ0) is 38.7. The van der Waals surface area contributed by atoms with Crippen LogP contribution in [0.1, 0.15) is 107 Å². The molecule has 3 rings (SSSR count). The normalized spacial score (nSPS) is 11.2. The number of hydrogen-bond acceptors (Lipinski definition) is 5. The zero-order valence-electron chi connectivity index (χ0n) is 26.7. The van der Waals surface area contributed by atoms with Gasteiger partial charge in [-0.05, 0) is 17.8 Å². The quantitative estimate of drug-likeness (QED) is 0.0776. The Labute approximate surface area is 275 Å². The number of esters is 2. The Morgan fingerprint density at radius 2 is 0.640 bits per heavy atom. The van der Waals surface area contributed by atoms with E-state index in [4.69, 9.17) is 5.11 Å². The fourth-order valence-corrected chi connectivity index (χ4v) is 4.59. The number of rotatable bonds is 9. The van der Waals surface area contributed by atoms with Crippen molar-refractivity contribution in [3.8, 4) is 0 Å². The van der Waals surface area contributed by atoms with Crippen LogP contribution in [-0.2, 0) is 9.47 Å². The molecule has 6 nitrogen and oxygen atoms in total. The van der Waals surface area contributed by atoms with E-state index < -0.39 is 152 Å². The third-order valence-corrected chi connectivity index (χ3v) is 6.81. The Hall–Kier alpha value is -4.77. The first-order valence-corrected chi connectivity index (χ1v) is 14.2. The van der Waals surface area contributed by atoms with E-state index in [0.717, 1.165) is 0 Å². The Kier molecular flexibility index (Phi) is 13.5. The van der Waals surface area contributed by atoms with Gasteiger partial charge in [0.25, 0.3) is 0 Å². The van der Waals surface area contributed by atoms with Crippen LogP contribution in [0.3, 0.4) is 0 Å². The van der Waals surface area contributed by atoms with Crippen molar-refractivity contribution >= 4 is 17.9 Å². The van der Waals surface area contributed by atoms with Crippen molar-refractivity contribution in [1.29, 1.82) is 0 Å². The van der Waals surface area contributed by atoms with Gasteiger partial charge in [0.15, 0.2) is 69.8 Å². The summed E-state index contributed by atoms with van der Waals surface area (Å²) in [5, 5.41) is 8.64. The monoisotopic (exact) mass is 734 g/mol. The smallest absolute Gasteiger partial charge is 0.341 e. The van der Waals surface area contributed by atoms with Gasteiger partial charge in [-0.25, -0.2) is 67.1 Å². The Bertz CT molecular complexity index is 1750. The minimum absolute atomic E-state index is 0.677. The number of aromatic carboxylic acids is 1. The molecule has 3 aromatic rings. The van der Waals surface area contributed by atoms with E-state index in [-0.39, 0.29) is 0 Å². The number of benzene rings is 3. The van der Waals surface area contributed by atoms with Crippen LogP contribution >= 0.6 is 0 Å². The summed E-state index contributed by atoms with van der Waals surface area (Å²) in [6.45, 7) is 6.06. The van der Waals surface area contributed by atoms with Gasteiger partial charge >= 0.3 is 17.9 Å². The van der Waals surface area contributed by atoms with Crippen LogP contribution in [0.15, 0.2) is 0 Å². The lowest BCUT2D eigenvalue weighted by atomic mass is 9.95. The van der Waals surface area contributed by atoms with Gasteiger partial charge in [0, 0.05) is 16.7 Å². The number of ether oxygens (including phenoxy) is 2. The molecule has 0 atom stereocenters. The molecule has 274 valence electrons. The molecular weight excluding hydrogens is 708 g/mol. The largest absolute Gasteiger partial charge is 0.478 e. The molecule has 0 aliphatic carbocycles. The van der Waals surface area contributed by atoms with Gasteiger partial charge in [-0.3, -0.25) is 0 Å². The summed E-state index contributed by atoms with van der Waals surface area (Å²) in [6, 6.07) is 0. The summed E-state index contributed by atoms with van der Waals surface area (Å²) in [7, 11) is 0. The lowest BCUT2D eigenvalue weighted by Crippen LogP contribution is -2.21. The number of hydrogen-bond donors (Lipinski definition) is 1. The van der Waals surface area contributed by atoms with Gasteiger partial charge in [0.05, 0.1) is 0 Å². The zero-order valence-corrected chi connectivity index (χ0v) is 26.7. The second kappa shape index (κ2) is 16.3. The van der Waals surface area contributed by atoms with Crippen molar-refractivity contribution in [3.63, 3.8) is 0 Å². The second-order valence-electron chi connectivity index (χ2n) is 11.2. The van der Waals surface area contributed by atoms with E-state index in [2.05, 4.69) is 9.47 Å². The highest BCUT2D eigenvalue weighted by Crippen LogP contribution is 2.33. The van der Waals surface area contributed by atoms with Crippen molar-refractivity contribution in [1.82, 2.24) is 0 Å². The van der Waals surface area contributed by atoms with E-state index in [9.17, 15) is 67.1 Å². The maximum absolute atomic E-state index is 14.1. The maximum Gasteiger partial charge on any atom is 0.341 e. The molecule has 0 aliphatic rings. The predicted octanol–water partition coefficient (Wildman–Crippen LogP) is 9.12. The van der Waals surface area contributed by atoms with Crippen molar-refractivity contribution in [2.45, 2.75) is 59.3 Å². The average molecular weight is 735 g/mol. The maximum atomic E-state index is 14.1. The number of carboxylic acid groups (broad SMARTS) is 1. The molecule has 0 saturated carbocycles. The first-order chi connectivity index (χ1) is 23.0. The topological polar surface area (TPSA) is 89.9 Å². The molecule has 0 spiro atoms. The van der Waals surface area contributed by atoms with Crippen molar-refractivity contribution in [2.24, 2.45) is 0 Å². The molecule has 3 aromatic carbocycles. The number of carboxylic acids is 1. The van der Waals surface area contributed by atoms with Crippen LogP contribution in [0, 0.1) is 69.8 Å². The Morgan fingerprint density at radius 1 is 0.420 bits per heavy atom. The highest BCUT2D eigenvalue weighted by atomic mass is 19.2. The minimum Gasteiger partial charge on any atom is -0.478 e. The van der Waals surface area contributed by atoms with E-state index >= 15 is 0 Å². The first kappa shape index (κ1) is 41.4. The molecule has 0 heterocycles. The SMILES string of the molecule is CC(C)c1c(F)c(F)c(F)c(F)c1C(=O)O.CC(C)c1c(F)c(F)c(F)c(F)c1C(=O)OCCOC(=O)c1c(F)c(F)c(F)c(F)c1C(C)C. The molecule has 0 aliphatic heterocycles. The molecule has 1 N–H and O–H groups in total. The number of carbonyl (C=O) groups excluding carboxylic acids is 2. The van der Waals surface area contributed by atoms with E-state index in [1.807, 2.05) is 0 Å². The lowest BCUT2D eigenvalue weighted by Gasteiger charge is -2.16. The number of halogens is 12. The molecule has 50 heavy (non-hydrogen) atoms. The molecule has 0 saturated heterocycles. The van der Waals surface area contributed by atoms with Gasteiger partial charge in [-0.2, -0.15) is 0 Å². The molecule has 0 aromatic heterocycles. The van der Waals surface area contributed by atoms with Crippen LogP contribution in [0.2, 0.25) is 0 Å². The summed E-state index contributed by atoms with van der Waals surface area (Å²) < 4.78 is 172. The van der Waals surface area contributed by atoms with Gasteiger partial charge in [-0.1, -0.05) is 41.5 Å². The predicted molar refractivity (Wildman–Crippen MR) is 149 cm³/mol. The molecule has 0 amide bonds. The molecule has 0 fully saturated rings. The molecule has 0 bridgehead atoms. The Balaban J connectivity index is 0.000000452. The average Bonchev–Trinajstić information content (AvgIpc) is 3.03. The summed E-state index contributed by atoms with van der Waals surface area (Å²) in [5.41, 5.74) is -5.85. The van der Waals surface area contributed by atoms with Crippen LogP contribution < -0.4 is 0 Å². The summed E-state index contributed by atoms with van der Waals surface area (Å²) >= 11 is 0. The Morgan fingerprint density at radius 3 is 0.880 bits per heavy atom. The minimum atomic E-state index is -2.24. The van der Waals surface area contributed by atoms with Crippen molar-refractivity contribution < 1.29 is 81.6 Å². The standard InChI is InChI=1S/C22H18F8O4.C10H8F4O2/c1-7(2)9-11(15(25)19(29)17(27)13(9)23)21(31)33-5-6-34-22(32)12-10(8(3)4)14(24)18(28)20(30)16(12)26;1-3(2)4-5(10(15)16)7(12)9(14)8(13)6(4)11/h7-8H,5-6H2,1-4H3;3H,1-2H3,(H,15,16). The highest BCUT2D eigenvalue weighted by Gasteiger charge is 2.34. The van der Waals surface area contributed by atoms with Crippen LogP contribution in [-0.4, -0.2) is 36.2 Å². The van der Waals surface area contributed by atoms with E-state index in [0.29, 0.717) is 0 Å². The third kappa shape index (κ3) is 7.99. The van der Waals surface area contributed by atoms with Crippen LogP contribution in [0.25, 0.3) is 0 Å². The van der Waals surface area contributed by atoms with Crippen LogP contribution in [0.4, 0.5) is 52.7 Å². The lowest BCUT2D eigenvalue weighted by molar-refractivity contribution is 0.0255.